The standard InChI is InChI=1S/C10H13N3O2/c11-10(13-14)8-2-1-3-9(12-8)15-6-7-4-5-7/h1-3,7,14H,4-6H2,(H2,11,13). The van der Waals surface area contributed by atoms with Crippen molar-refractivity contribution in [3.05, 3.63) is 23.9 Å². The topological polar surface area (TPSA) is 80.7 Å². The number of hydrogen-bond acceptors (Lipinski definition) is 4. The Labute approximate surface area is 87.6 Å². The van der Waals surface area contributed by atoms with Gasteiger partial charge in [-0.25, -0.2) is 4.98 Å². The average molecular weight is 207 g/mol. The molecule has 0 aromatic carbocycles. The molecule has 1 aromatic heterocycles. The summed E-state index contributed by atoms with van der Waals surface area (Å²) < 4.78 is 5.46. The average Bonchev–Trinajstić information content (AvgIpc) is 3.09. The van der Waals surface area contributed by atoms with E-state index in [0.29, 0.717) is 24.1 Å². The number of pyridine rings is 1. The predicted octanol–water partition coefficient (Wildman–Crippen LogP) is 0.965. The Hall–Kier alpha value is -1.78. The molecule has 5 heteroatoms. The van der Waals surface area contributed by atoms with E-state index in [0.717, 1.165) is 0 Å². The number of nitrogens with two attached hydrogens (primary N) is 1. The van der Waals surface area contributed by atoms with Crippen LogP contribution in [0.25, 0.3) is 0 Å². The van der Waals surface area contributed by atoms with E-state index in [1.165, 1.54) is 12.8 Å². The first-order valence-electron chi connectivity index (χ1n) is 4.87. The lowest BCUT2D eigenvalue weighted by atomic mass is 10.3. The number of aromatic nitrogens is 1. The molecule has 2 rings (SSSR count). The maximum absolute atomic E-state index is 8.49. The molecule has 1 fully saturated rings. The molecule has 0 aliphatic heterocycles. The number of hydrogen-bond donors (Lipinski definition) is 2. The van der Waals surface area contributed by atoms with Crippen molar-refractivity contribution in [1.82, 2.24) is 4.98 Å². The van der Waals surface area contributed by atoms with Crippen LogP contribution in [0.2, 0.25) is 0 Å². The first kappa shape index (κ1) is 9.76. The minimum atomic E-state index is -0.00753. The highest BCUT2D eigenvalue weighted by Crippen LogP contribution is 2.29. The summed E-state index contributed by atoms with van der Waals surface area (Å²) in [6, 6.07) is 5.19. The highest BCUT2D eigenvalue weighted by molar-refractivity contribution is 5.95. The monoisotopic (exact) mass is 207 g/mol. The molecule has 0 saturated heterocycles. The molecular formula is C10H13N3O2. The van der Waals surface area contributed by atoms with Crippen LogP contribution in [0.1, 0.15) is 18.5 Å². The van der Waals surface area contributed by atoms with E-state index >= 15 is 0 Å². The Balaban J connectivity index is 2.03. The van der Waals surface area contributed by atoms with Crippen molar-refractivity contribution in [1.29, 1.82) is 0 Å². The van der Waals surface area contributed by atoms with E-state index in [-0.39, 0.29) is 5.84 Å². The minimum Gasteiger partial charge on any atom is -0.477 e. The summed E-state index contributed by atoms with van der Waals surface area (Å²) in [5, 5.41) is 11.4. The van der Waals surface area contributed by atoms with E-state index in [1.807, 2.05) is 0 Å². The number of nitrogens with zero attached hydrogens (tertiary/aromatic N) is 2. The maximum Gasteiger partial charge on any atom is 0.213 e. The Morgan fingerprint density at radius 3 is 3.07 bits per heavy atom. The molecule has 1 heterocycles. The Kier molecular flexibility index (Phi) is 2.71. The molecule has 0 amide bonds. The second-order valence-electron chi connectivity index (χ2n) is 3.60. The summed E-state index contributed by atoms with van der Waals surface area (Å²) in [6.45, 7) is 0.701. The second kappa shape index (κ2) is 4.16. The van der Waals surface area contributed by atoms with Gasteiger partial charge in [-0.05, 0) is 24.8 Å². The van der Waals surface area contributed by atoms with Crippen molar-refractivity contribution >= 4 is 5.84 Å². The van der Waals surface area contributed by atoms with E-state index < -0.39 is 0 Å². The van der Waals surface area contributed by atoms with Gasteiger partial charge in [0, 0.05) is 6.07 Å². The van der Waals surface area contributed by atoms with Crippen molar-refractivity contribution in [2.75, 3.05) is 6.61 Å². The fourth-order valence-corrected chi connectivity index (χ4v) is 1.18. The smallest absolute Gasteiger partial charge is 0.213 e. The van der Waals surface area contributed by atoms with Gasteiger partial charge in [0.15, 0.2) is 5.84 Å². The van der Waals surface area contributed by atoms with Crippen molar-refractivity contribution < 1.29 is 9.94 Å². The summed E-state index contributed by atoms with van der Waals surface area (Å²) in [5.41, 5.74) is 5.84. The van der Waals surface area contributed by atoms with Gasteiger partial charge in [0.25, 0.3) is 0 Å². The van der Waals surface area contributed by atoms with Gasteiger partial charge in [0.2, 0.25) is 5.88 Å². The van der Waals surface area contributed by atoms with Gasteiger partial charge >= 0.3 is 0 Å². The SMILES string of the molecule is NC(=NO)c1cccc(OCC2CC2)n1. The molecule has 0 spiro atoms. The number of rotatable bonds is 4. The third kappa shape index (κ3) is 2.59. The molecule has 3 N–H and O–H groups in total. The summed E-state index contributed by atoms with van der Waals surface area (Å²) in [5.74, 6) is 1.19. The molecule has 15 heavy (non-hydrogen) atoms. The molecule has 1 aliphatic carbocycles. The van der Waals surface area contributed by atoms with Crippen LogP contribution in [0, 0.1) is 5.92 Å². The number of amidine groups is 1. The van der Waals surface area contributed by atoms with Crippen LogP contribution < -0.4 is 10.5 Å². The lowest BCUT2D eigenvalue weighted by Crippen LogP contribution is -2.15. The molecule has 0 atom stereocenters. The third-order valence-electron chi connectivity index (χ3n) is 2.26. The molecule has 1 aromatic rings. The van der Waals surface area contributed by atoms with Crippen LogP contribution in [0.15, 0.2) is 23.4 Å². The zero-order valence-electron chi connectivity index (χ0n) is 8.26. The summed E-state index contributed by atoms with van der Waals surface area (Å²) in [6.07, 6.45) is 2.47. The first-order valence-corrected chi connectivity index (χ1v) is 4.87. The molecular weight excluding hydrogens is 194 g/mol. The maximum atomic E-state index is 8.49. The van der Waals surface area contributed by atoms with Crippen molar-refractivity contribution in [2.24, 2.45) is 16.8 Å². The first-order chi connectivity index (χ1) is 7.29. The van der Waals surface area contributed by atoms with Crippen LogP contribution in [-0.2, 0) is 0 Å². The van der Waals surface area contributed by atoms with Gasteiger partial charge in [0.1, 0.15) is 5.69 Å². The Morgan fingerprint density at radius 2 is 2.40 bits per heavy atom. The van der Waals surface area contributed by atoms with Gasteiger partial charge in [-0.1, -0.05) is 11.2 Å². The normalized spacial score (nSPS) is 16.4. The fraction of sp³-hybridized carbons (Fsp3) is 0.400. The van der Waals surface area contributed by atoms with Gasteiger partial charge < -0.3 is 15.7 Å². The van der Waals surface area contributed by atoms with Crippen molar-refractivity contribution in [3.8, 4) is 5.88 Å². The molecule has 1 aliphatic rings. The molecule has 1 saturated carbocycles. The van der Waals surface area contributed by atoms with E-state index in [2.05, 4.69) is 10.1 Å². The van der Waals surface area contributed by atoms with Crippen LogP contribution in [0.5, 0.6) is 5.88 Å². The number of ether oxygens (including phenoxy) is 1. The lowest BCUT2D eigenvalue weighted by molar-refractivity contribution is 0.288. The van der Waals surface area contributed by atoms with Crippen LogP contribution in [-0.4, -0.2) is 22.6 Å². The second-order valence-corrected chi connectivity index (χ2v) is 3.60. The Morgan fingerprint density at radius 1 is 1.60 bits per heavy atom. The minimum absolute atomic E-state index is 0.00753. The lowest BCUT2D eigenvalue weighted by Gasteiger charge is -2.05. The fourth-order valence-electron chi connectivity index (χ4n) is 1.18. The zero-order chi connectivity index (χ0) is 10.7. The molecule has 0 bridgehead atoms. The van der Waals surface area contributed by atoms with Gasteiger partial charge in [-0.15, -0.1) is 0 Å². The largest absolute Gasteiger partial charge is 0.477 e. The highest BCUT2D eigenvalue weighted by atomic mass is 16.5. The zero-order valence-corrected chi connectivity index (χ0v) is 8.26. The van der Waals surface area contributed by atoms with E-state index in [1.54, 1.807) is 18.2 Å². The molecule has 0 radical (unpaired) electrons. The van der Waals surface area contributed by atoms with Gasteiger partial charge in [0.05, 0.1) is 6.61 Å². The third-order valence-corrected chi connectivity index (χ3v) is 2.26. The van der Waals surface area contributed by atoms with Gasteiger partial charge in [-0.3, -0.25) is 0 Å². The van der Waals surface area contributed by atoms with E-state index in [9.17, 15) is 0 Å². The van der Waals surface area contributed by atoms with Gasteiger partial charge in [-0.2, -0.15) is 0 Å². The molecule has 5 nitrogen and oxygen atoms in total. The Bertz CT molecular complexity index is 375. The summed E-state index contributed by atoms with van der Waals surface area (Å²) in [4.78, 5) is 4.11. The van der Waals surface area contributed by atoms with Crippen molar-refractivity contribution in [2.45, 2.75) is 12.8 Å². The summed E-state index contributed by atoms with van der Waals surface area (Å²) in [7, 11) is 0. The molecule has 80 valence electrons. The van der Waals surface area contributed by atoms with Crippen LogP contribution in [0.4, 0.5) is 0 Å². The summed E-state index contributed by atoms with van der Waals surface area (Å²) >= 11 is 0. The molecule has 0 unspecified atom stereocenters. The highest BCUT2D eigenvalue weighted by Gasteiger charge is 2.22. The van der Waals surface area contributed by atoms with E-state index in [4.69, 9.17) is 15.7 Å². The van der Waals surface area contributed by atoms with Crippen molar-refractivity contribution in [3.63, 3.8) is 0 Å². The predicted molar refractivity (Wildman–Crippen MR) is 55.0 cm³/mol. The van der Waals surface area contributed by atoms with Crippen LogP contribution in [0.3, 0.4) is 0 Å². The van der Waals surface area contributed by atoms with Crippen LogP contribution >= 0.6 is 0 Å². The quantitative estimate of drug-likeness (QED) is 0.333. The number of oxime groups is 1.